The summed E-state index contributed by atoms with van der Waals surface area (Å²) in [6.07, 6.45) is 2.94. The Bertz CT molecular complexity index is 1440. The second-order valence-electron chi connectivity index (χ2n) is 8.02. The number of rotatable bonds is 7. The van der Waals surface area contributed by atoms with Gasteiger partial charge in [-0.15, -0.1) is 6.58 Å². The van der Waals surface area contributed by atoms with Gasteiger partial charge < -0.3 is 9.15 Å². The minimum atomic E-state index is -0.639. The smallest absolute Gasteiger partial charge is 0.338 e. The van der Waals surface area contributed by atoms with E-state index < -0.39 is 17.8 Å². The van der Waals surface area contributed by atoms with Gasteiger partial charge in [0.25, 0.3) is 11.8 Å². The summed E-state index contributed by atoms with van der Waals surface area (Å²) in [6.45, 7) is 5.31. The first-order valence-corrected chi connectivity index (χ1v) is 11.1. The molecule has 0 unspecified atom stereocenters. The highest BCUT2D eigenvalue weighted by Gasteiger charge is 2.34. The Hall–Kier alpha value is -4.96. The number of benzene rings is 2. The molecule has 7 heteroatoms. The van der Waals surface area contributed by atoms with Crippen molar-refractivity contribution < 1.29 is 23.5 Å². The molecule has 36 heavy (non-hydrogen) atoms. The van der Waals surface area contributed by atoms with Crippen LogP contribution in [0.25, 0.3) is 17.4 Å². The van der Waals surface area contributed by atoms with Crippen LogP contribution in [0.1, 0.15) is 28.6 Å². The number of amides is 2. The fraction of sp³-hybridized carbons (Fsp3) is 0.103. The van der Waals surface area contributed by atoms with Crippen LogP contribution in [0, 0.1) is 11.3 Å². The number of carbonyl (C=O) groups excluding carboxylic acids is 3. The molecule has 2 heterocycles. The molecule has 0 N–H and O–H groups in total. The highest BCUT2D eigenvalue weighted by atomic mass is 16.5. The molecule has 0 spiro atoms. The average molecular weight is 479 g/mol. The molecule has 0 atom stereocenters. The van der Waals surface area contributed by atoms with E-state index in [2.05, 4.69) is 6.58 Å². The number of furan rings is 1. The molecular weight excluding hydrogens is 456 g/mol. The van der Waals surface area contributed by atoms with Gasteiger partial charge in [0.2, 0.25) is 0 Å². The molecular formula is C29H22N2O5. The topological polar surface area (TPSA) is 101 Å². The maximum absolute atomic E-state index is 12.9. The monoisotopic (exact) mass is 478 g/mol. The number of hydrogen-bond donors (Lipinski definition) is 0. The molecule has 178 valence electrons. The second-order valence-corrected chi connectivity index (χ2v) is 8.02. The normalized spacial score (nSPS) is 14.7. The molecule has 7 nitrogen and oxygen atoms in total. The van der Waals surface area contributed by atoms with Crippen molar-refractivity contribution in [2.45, 2.75) is 13.5 Å². The first-order chi connectivity index (χ1) is 17.4. The highest BCUT2D eigenvalue weighted by molar-refractivity contribution is 6.19. The zero-order chi connectivity index (χ0) is 25.7. The van der Waals surface area contributed by atoms with E-state index in [1.807, 2.05) is 36.4 Å². The van der Waals surface area contributed by atoms with Crippen LogP contribution in [0.2, 0.25) is 0 Å². The minimum Gasteiger partial charge on any atom is -0.457 e. The lowest BCUT2D eigenvalue weighted by atomic mass is 9.94. The molecule has 1 aromatic heterocycles. The summed E-state index contributed by atoms with van der Waals surface area (Å²) in [4.78, 5) is 38.7. The Morgan fingerprint density at radius 1 is 1.06 bits per heavy atom. The lowest BCUT2D eigenvalue weighted by Gasteiger charge is -2.26. The molecule has 4 rings (SSSR count). The van der Waals surface area contributed by atoms with Gasteiger partial charge in [-0.3, -0.25) is 14.5 Å². The minimum absolute atomic E-state index is 0.00297. The second kappa shape index (κ2) is 10.5. The van der Waals surface area contributed by atoms with Crippen LogP contribution in [0.3, 0.4) is 0 Å². The molecule has 0 fully saturated rings. The van der Waals surface area contributed by atoms with Crippen LogP contribution >= 0.6 is 0 Å². The number of esters is 1. The first-order valence-electron chi connectivity index (χ1n) is 11.1. The Balaban J connectivity index is 1.52. The fourth-order valence-corrected chi connectivity index (χ4v) is 3.73. The summed E-state index contributed by atoms with van der Waals surface area (Å²) in [5, 5.41) is 9.42. The summed E-state index contributed by atoms with van der Waals surface area (Å²) in [5.41, 5.74) is 2.44. The zero-order valence-electron chi connectivity index (χ0n) is 19.6. The maximum Gasteiger partial charge on any atom is 0.338 e. The van der Waals surface area contributed by atoms with Gasteiger partial charge in [-0.05, 0) is 48.4 Å². The van der Waals surface area contributed by atoms with Gasteiger partial charge in [-0.2, -0.15) is 5.26 Å². The molecule has 3 aromatic rings. The average Bonchev–Trinajstić information content (AvgIpc) is 3.37. The summed E-state index contributed by atoms with van der Waals surface area (Å²) in [5.74, 6) is -0.688. The molecule has 0 aliphatic carbocycles. The molecule has 1 aliphatic rings. The van der Waals surface area contributed by atoms with Crippen molar-refractivity contribution in [3.8, 4) is 17.4 Å². The van der Waals surface area contributed by atoms with Crippen molar-refractivity contribution in [3.63, 3.8) is 0 Å². The zero-order valence-corrected chi connectivity index (χ0v) is 19.6. The van der Waals surface area contributed by atoms with Crippen LogP contribution < -0.4 is 0 Å². The Kier molecular flexibility index (Phi) is 7.07. The standard InChI is InChI=1S/C29H22N2O5/c1-3-15-31-27(32)24(19(2)25(17-30)28(31)33)16-23-13-14-26(36-23)21-9-11-22(12-10-21)29(34)35-18-20-7-5-4-6-8-20/h3-14,16H,1,15,18H2,2H3/b24-16-. The third kappa shape index (κ3) is 4.93. The van der Waals surface area contributed by atoms with E-state index in [9.17, 15) is 19.6 Å². The van der Waals surface area contributed by atoms with E-state index in [1.54, 1.807) is 43.3 Å². The van der Waals surface area contributed by atoms with Gasteiger partial charge in [0, 0.05) is 17.7 Å². The first kappa shape index (κ1) is 24.2. The van der Waals surface area contributed by atoms with Gasteiger partial charge in [-0.1, -0.05) is 48.5 Å². The van der Waals surface area contributed by atoms with E-state index in [4.69, 9.17) is 9.15 Å². The van der Waals surface area contributed by atoms with E-state index in [0.717, 1.165) is 16.0 Å². The van der Waals surface area contributed by atoms with Gasteiger partial charge in [0.1, 0.15) is 29.8 Å². The predicted octanol–water partition coefficient (Wildman–Crippen LogP) is 5.08. The van der Waals surface area contributed by atoms with Crippen molar-refractivity contribution in [1.82, 2.24) is 4.90 Å². The number of ether oxygens (including phenoxy) is 1. The van der Waals surface area contributed by atoms with E-state index in [1.165, 1.54) is 12.2 Å². The van der Waals surface area contributed by atoms with Gasteiger partial charge in [-0.25, -0.2) is 4.79 Å². The SMILES string of the molecule is C=CCN1C(=O)C(C#N)=C(C)/C(=C/c2ccc(-c3ccc(C(=O)OCc4ccccc4)cc3)o2)C1=O. The largest absolute Gasteiger partial charge is 0.457 e. The summed E-state index contributed by atoms with van der Waals surface area (Å²) in [7, 11) is 0. The van der Waals surface area contributed by atoms with Crippen molar-refractivity contribution in [2.75, 3.05) is 6.54 Å². The lowest BCUT2D eigenvalue weighted by molar-refractivity contribution is -0.139. The molecule has 2 aromatic carbocycles. The molecule has 0 radical (unpaired) electrons. The van der Waals surface area contributed by atoms with Crippen molar-refractivity contribution in [2.24, 2.45) is 0 Å². The highest BCUT2D eigenvalue weighted by Crippen LogP contribution is 2.29. The number of imide groups is 1. The maximum atomic E-state index is 12.9. The number of nitrogens with zero attached hydrogens (tertiary/aromatic N) is 2. The Labute approximate surface area is 208 Å². The third-order valence-electron chi connectivity index (χ3n) is 5.67. The number of nitriles is 1. The summed E-state index contributed by atoms with van der Waals surface area (Å²) in [6, 6.07) is 21.5. The van der Waals surface area contributed by atoms with Gasteiger partial charge in [0.05, 0.1) is 5.56 Å². The fourth-order valence-electron chi connectivity index (χ4n) is 3.73. The third-order valence-corrected chi connectivity index (χ3v) is 5.67. The van der Waals surface area contributed by atoms with E-state index in [0.29, 0.717) is 22.7 Å². The molecule has 2 amide bonds. The van der Waals surface area contributed by atoms with Crippen LogP contribution in [-0.2, 0) is 20.9 Å². The molecule has 0 bridgehead atoms. The predicted molar refractivity (Wildman–Crippen MR) is 133 cm³/mol. The Morgan fingerprint density at radius 2 is 1.78 bits per heavy atom. The molecule has 0 saturated heterocycles. The Morgan fingerprint density at radius 3 is 2.44 bits per heavy atom. The van der Waals surface area contributed by atoms with E-state index >= 15 is 0 Å². The quantitative estimate of drug-likeness (QED) is 0.203. The molecule has 0 saturated carbocycles. The van der Waals surface area contributed by atoms with Crippen LogP contribution in [0.15, 0.2) is 101 Å². The number of carbonyl (C=O) groups is 3. The summed E-state index contributed by atoms with van der Waals surface area (Å²) >= 11 is 0. The van der Waals surface area contributed by atoms with Gasteiger partial charge in [0.15, 0.2) is 0 Å². The lowest BCUT2D eigenvalue weighted by Crippen LogP contribution is -2.42. The number of hydrogen-bond acceptors (Lipinski definition) is 6. The van der Waals surface area contributed by atoms with Crippen molar-refractivity contribution in [3.05, 3.63) is 113 Å². The van der Waals surface area contributed by atoms with Crippen LogP contribution in [0.4, 0.5) is 0 Å². The van der Waals surface area contributed by atoms with Crippen LogP contribution in [0.5, 0.6) is 0 Å². The summed E-state index contributed by atoms with van der Waals surface area (Å²) < 4.78 is 11.2. The van der Waals surface area contributed by atoms with Crippen molar-refractivity contribution in [1.29, 1.82) is 5.26 Å². The molecule has 1 aliphatic heterocycles. The van der Waals surface area contributed by atoms with Crippen molar-refractivity contribution >= 4 is 23.9 Å². The van der Waals surface area contributed by atoms with Crippen LogP contribution in [-0.4, -0.2) is 29.2 Å². The van der Waals surface area contributed by atoms with Gasteiger partial charge >= 0.3 is 5.97 Å². The van der Waals surface area contributed by atoms with E-state index in [-0.39, 0.29) is 24.3 Å².